The zero-order valence-corrected chi connectivity index (χ0v) is 17.7. The van der Waals surface area contributed by atoms with Gasteiger partial charge in [-0.1, -0.05) is 37.3 Å². The van der Waals surface area contributed by atoms with Gasteiger partial charge in [-0.2, -0.15) is 5.26 Å². The molecule has 0 radical (unpaired) electrons. The van der Waals surface area contributed by atoms with E-state index in [1.54, 1.807) is 24.3 Å². The first kappa shape index (κ1) is 19.6. The molecule has 0 spiro atoms. The van der Waals surface area contributed by atoms with Crippen LogP contribution in [0, 0.1) is 11.3 Å². The summed E-state index contributed by atoms with van der Waals surface area (Å²) in [6, 6.07) is 8.50. The Bertz CT molecular complexity index is 1030. The van der Waals surface area contributed by atoms with Crippen molar-refractivity contribution in [3.63, 3.8) is 0 Å². The van der Waals surface area contributed by atoms with E-state index in [0.717, 1.165) is 28.1 Å². The molecule has 3 aromatic heterocycles. The number of nitrogens with zero attached hydrogens (tertiary/aromatic N) is 4. The fraction of sp³-hybridized carbons (Fsp3) is 0.409. The lowest BCUT2D eigenvalue weighted by atomic mass is 9.87. The van der Waals surface area contributed by atoms with Crippen molar-refractivity contribution in [1.29, 1.82) is 5.26 Å². The third-order valence-electron chi connectivity index (χ3n) is 5.74. The maximum Gasteiger partial charge on any atom is 0.143 e. The number of hydrogen-bond donors (Lipinski definition) is 2. The molecule has 0 aromatic carbocycles. The summed E-state index contributed by atoms with van der Waals surface area (Å²) in [7, 11) is 2.00. The Labute approximate surface area is 175 Å². The molecular formula is C22H26N6S. The van der Waals surface area contributed by atoms with Gasteiger partial charge in [0.1, 0.15) is 17.5 Å². The van der Waals surface area contributed by atoms with Crippen LogP contribution in [0.4, 0.5) is 11.5 Å². The van der Waals surface area contributed by atoms with Gasteiger partial charge in [0.15, 0.2) is 0 Å². The van der Waals surface area contributed by atoms with Gasteiger partial charge in [0, 0.05) is 48.9 Å². The predicted molar refractivity (Wildman–Crippen MR) is 120 cm³/mol. The summed E-state index contributed by atoms with van der Waals surface area (Å²) in [5.74, 6) is 1.49. The zero-order chi connectivity index (χ0) is 20.2. The van der Waals surface area contributed by atoms with Gasteiger partial charge in [0.25, 0.3) is 0 Å². The van der Waals surface area contributed by atoms with E-state index in [-0.39, 0.29) is 0 Å². The van der Waals surface area contributed by atoms with E-state index in [4.69, 9.17) is 0 Å². The highest BCUT2D eigenvalue weighted by Gasteiger charge is 2.20. The Kier molecular flexibility index (Phi) is 5.91. The van der Waals surface area contributed by atoms with Crippen LogP contribution in [0.25, 0.3) is 11.0 Å². The van der Waals surface area contributed by atoms with Crippen molar-refractivity contribution < 1.29 is 0 Å². The Morgan fingerprint density at radius 2 is 2.14 bits per heavy atom. The monoisotopic (exact) mass is 406 g/mol. The summed E-state index contributed by atoms with van der Waals surface area (Å²) in [6.45, 7) is 0.589. The fourth-order valence-electron chi connectivity index (χ4n) is 4.13. The first-order chi connectivity index (χ1) is 14.2. The van der Waals surface area contributed by atoms with Crippen molar-refractivity contribution in [2.45, 2.75) is 44.6 Å². The lowest BCUT2D eigenvalue weighted by molar-refractivity contribution is 0.438. The highest BCUT2D eigenvalue weighted by Crippen LogP contribution is 2.36. The average molecular weight is 407 g/mol. The minimum Gasteiger partial charge on any atom is -0.379 e. The van der Waals surface area contributed by atoms with E-state index in [2.05, 4.69) is 38.5 Å². The molecule has 2 N–H and O–H groups in total. The van der Waals surface area contributed by atoms with Gasteiger partial charge in [0.2, 0.25) is 0 Å². The molecule has 4 rings (SSSR count). The van der Waals surface area contributed by atoms with Crippen molar-refractivity contribution in [1.82, 2.24) is 15.0 Å². The van der Waals surface area contributed by atoms with Gasteiger partial charge in [-0.3, -0.25) is 0 Å². The van der Waals surface area contributed by atoms with Crippen molar-refractivity contribution in [2.75, 3.05) is 22.9 Å². The van der Waals surface area contributed by atoms with Crippen molar-refractivity contribution in [3.8, 4) is 6.07 Å². The number of anilines is 2. The average Bonchev–Trinajstić information content (AvgIpc) is 3.22. The SMILES string of the molecule is CSN(C)c1ncccc1CNc1c(C#N)cnc2[nH]c(C3CCCCC3)cc12. The van der Waals surface area contributed by atoms with Crippen molar-refractivity contribution in [2.24, 2.45) is 0 Å². The van der Waals surface area contributed by atoms with Crippen LogP contribution in [0.5, 0.6) is 0 Å². The summed E-state index contributed by atoms with van der Waals surface area (Å²) in [4.78, 5) is 12.5. The van der Waals surface area contributed by atoms with Crippen LogP contribution < -0.4 is 9.62 Å². The largest absolute Gasteiger partial charge is 0.379 e. The summed E-state index contributed by atoms with van der Waals surface area (Å²) in [6.07, 6.45) is 11.8. The molecule has 7 heteroatoms. The number of aromatic nitrogens is 3. The first-order valence-electron chi connectivity index (χ1n) is 10.1. The summed E-state index contributed by atoms with van der Waals surface area (Å²) < 4.78 is 2.04. The van der Waals surface area contributed by atoms with E-state index >= 15 is 0 Å². The molecule has 3 heterocycles. The Balaban J connectivity index is 1.66. The van der Waals surface area contributed by atoms with Gasteiger partial charge in [0.05, 0.1) is 11.3 Å². The molecule has 0 amide bonds. The molecule has 150 valence electrons. The predicted octanol–water partition coefficient (Wildman–Crippen LogP) is 5.20. The van der Waals surface area contributed by atoms with Crippen LogP contribution in [0.3, 0.4) is 0 Å². The summed E-state index contributed by atoms with van der Waals surface area (Å²) in [5, 5.41) is 14.1. The fourth-order valence-corrected chi connectivity index (χ4v) is 4.46. The molecule has 1 saturated carbocycles. The molecule has 0 saturated heterocycles. The molecular weight excluding hydrogens is 380 g/mol. The van der Waals surface area contributed by atoms with Gasteiger partial charge in [-0.15, -0.1) is 0 Å². The maximum atomic E-state index is 9.65. The molecule has 0 atom stereocenters. The van der Waals surface area contributed by atoms with Crippen LogP contribution >= 0.6 is 11.9 Å². The van der Waals surface area contributed by atoms with Gasteiger partial charge < -0.3 is 14.6 Å². The summed E-state index contributed by atoms with van der Waals surface area (Å²) >= 11 is 1.62. The third-order valence-corrected chi connectivity index (χ3v) is 6.46. The topological polar surface area (TPSA) is 80.6 Å². The standard InChI is InChI=1S/C22H26N6S/c1-28(29-2)22-16(9-6-10-24-22)13-25-20-17(12-23)14-26-21-18(20)11-19(27-21)15-7-4-3-5-8-15/h6,9-11,14-15H,3-5,7-8,13H2,1-2H3,(H2,25,26,27). The lowest BCUT2D eigenvalue weighted by Gasteiger charge is -2.20. The molecule has 0 aliphatic heterocycles. The minimum absolute atomic E-state index is 0.565. The third kappa shape index (κ3) is 4.03. The van der Waals surface area contributed by atoms with E-state index in [0.29, 0.717) is 18.0 Å². The molecule has 0 bridgehead atoms. The van der Waals surface area contributed by atoms with E-state index in [9.17, 15) is 5.26 Å². The van der Waals surface area contributed by atoms with Crippen LogP contribution in [0.2, 0.25) is 0 Å². The number of fused-ring (bicyclic) bond motifs is 1. The lowest BCUT2D eigenvalue weighted by Crippen LogP contribution is -2.12. The Hall–Kier alpha value is -2.72. The second-order valence-electron chi connectivity index (χ2n) is 7.50. The van der Waals surface area contributed by atoms with Crippen LogP contribution in [0.1, 0.15) is 54.8 Å². The Morgan fingerprint density at radius 3 is 2.90 bits per heavy atom. The zero-order valence-electron chi connectivity index (χ0n) is 16.9. The molecule has 0 unspecified atom stereocenters. The number of aromatic amines is 1. The normalized spacial score (nSPS) is 14.7. The maximum absolute atomic E-state index is 9.65. The second-order valence-corrected chi connectivity index (χ2v) is 8.41. The van der Waals surface area contributed by atoms with Crippen LogP contribution in [0.15, 0.2) is 30.6 Å². The molecule has 1 aliphatic rings. The number of hydrogen-bond acceptors (Lipinski definition) is 6. The number of pyridine rings is 2. The molecule has 1 fully saturated rings. The summed E-state index contributed by atoms with van der Waals surface area (Å²) in [5.41, 5.74) is 4.59. The van der Waals surface area contributed by atoms with Crippen LogP contribution in [-0.2, 0) is 6.54 Å². The molecule has 29 heavy (non-hydrogen) atoms. The first-order valence-corrected chi connectivity index (χ1v) is 11.3. The van der Waals surface area contributed by atoms with Gasteiger partial charge in [-0.25, -0.2) is 9.97 Å². The Morgan fingerprint density at radius 1 is 1.31 bits per heavy atom. The minimum atomic E-state index is 0.565. The number of nitriles is 1. The van der Waals surface area contributed by atoms with E-state index in [1.807, 2.05) is 23.7 Å². The second kappa shape index (κ2) is 8.75. The highest BCUT2D eigenvalue weighted by atomic mass is 32.2. The van der Waals surface area contributed by atoms with Crippen molar-refractivity contribution >= 4 is 34.5 Å². The van der Waals surface area contributed by atoms with Gasteiger partial charge >= 0.3 is 0 Å². The molecule has 6 nitrogen and oxygen atoms in total. The number of H-pyrrole nitrogens is 1. The number of rotatable bonds is 6. The van der Waals surface area contributed by atoms with E-state index < -0.39 is 0 Å². The molecule has 3 aromatic rings. The quantitative estimate of drug-likeness (QED) is 0.547. The van der Waals surface area contributed by atoms with Crippen molar-refractivity contribution in [3.05, 3.63) is 47.4 Å². The van der Waals surface area contributed by atoms with Crippen LogP contribution in [-0.4, -0.2) is 28.3 Å². The van der Waals surface area contributed by atoms with Gasteiger partial charge in [-0.05, 0) is 30.9 Å². The smallest absolute Gasteiger partial charge is 0.143 e. The van der Waals surface area contributed by atoms with E-state index in [1.165, 1.54) is 37.8 Å². The highest BCUT2D eigenvalue weighted by molar-refractivity contribution is 7.99. The molecule has 1 aliphatic carbocycles. The number of nitrogens with one attached hydrogen (secondary N) is 2.